The Kier molecular flexibility index (Phi) is 5.25. The van der Waals surface area contributed by atoms with E-state index in [2.05, 4.69) is 108 Å². The summed E-state index contributed by atoms with van der Waals surface area (Å²) in [5, 5.41) is 2.60. The quantitative estimate of drug-likeness (QED) is 0.453. The fourth-order valence-electron chi connectivity index (χ4n) is 2.05. The van der Waals surface area contributed by atoms with Gasteiger partial charge < -0.3 is 4.43 Å². The minimum atomic E-state index is -1.88. The summed E-state index contributed by atoms with van der Waals surface area (Å²) in [6.07, 6.45) is 2.07. The zero-order valence-electron chi connectivity index (χ0n) is 13.7. The van der Waals surface area contributed by atoms with E-state index in [1.807, 2.05) is 0 Å². The Morgan fingerprint density at radius 1 is 1.05 bits per heavy atom. The van der Waals surface area contributed by atoms with E-state index in [4.69, 9.17) is 4.43 Å². The minimum absolute atomic E-state index is 0.172. The van der Waals surface area contributed by atoms with Crippen LogP contribution in [0.25, 0.3) is 16.8 Å². The van der Waals surface area contributed by atoms with Crippen LogP contribution in [-0.2, 0) is 0 Å². The smallest absolute Gasteiger partial charge is 0.250 e. The lowest BCUT2D eigenvalue weighted by molar-refractivity contribution is 0.492. The second-order valence-electron chi connectivity index (χ2n) is 6.99. The van der Waals surface area contributed by atoms with Gasteiger partial charge in [0.1, 0.15) is 5.75 Å². The molecule has 22 heavy (non-hydrogen) atoms. The summed E-state index contributed by atoms with van der Waals surface area (Å²) in [5.74, 6) is 0.960. The number of fused-ring (bicyclic) bond motifs is 1. The van der Waals surface area contributed by atoms with Crippen LogP contribution in [0, 0.1) is 0 Å². The van der Waals surface area contributed by atoms with Gasteiger partial charge in [-0.05, 0) is 72.9 Å². The fourth-order valence-corrected chi connectivity index (χ4v) is 3.54. The molecule has 0 saturated carbocycles. The van der Waals surface area contributed by atoms with Crippen LogP contribution in [0.2, 0.25) is 18.1 Å². The second kappa shape index (κ2) is 6.50. The van der Waals surface area contributed by atoms with Gasteiger partial charge in [-0.3, -0.25) is 0 Å². The molecule has 2 rings (SSSR count). The Morgan fingerprint density at radius 3 is 2.27 bits per heavy atom. The van der Waals surface area contributed by atoms with Crippen molar-refractivity contribution in [2.24, 2.45) is 0 Å². The molecule has 0 aromatic heterocycles. The van der Waals surface area contributed by atoms with Gasteiger partial charge in [-0.15, -0.1) is 0 Å². The number of halogens is 2. The monoisotopic (exact) mass is 440 g/mol. The Morgan fingerprint density at radius 2 is 1.68 bits per heavy atom. The summed E-state index contributed by atoms with van der Waals surface area (Å²) in [4.78, 5) is 0. The molecule has 0 aliphatic carbocycles. The van der Waals surface area contributed by atoms with E-state index in [1.165, 1.54) is 10.8 Å². The first-order valence-electron chi connectivity index (χ1n) is 7.35. The van der Waals surface area contributed by atoms with Crippen molar-refractivity contribution in [2.75, 3.05) is 0 Å². The topological polar surface area (TPSA) is 9.23 Å². The molecule has 0 saturated heterocycles. The molecule has 0 aliphatic heterocycles. The van der Waals surface area contributed by atoms with Gasteiger partial charge in [0.15, 0.2) is 0 Å². The number of hydrogen-bond acceptors (Lipinski definition) is 1. The molecule has 118 valence electrons. The lowest BCUT2D eigenvalue weighted by atomic mass is 10.0. The van der Waals surface area contributed by atoms with Crippen molar-refractivity contribution in [3.8, 4) is 5.75 Å². The molecule has 4 heteroatoms. The van der Waals surface area contributed by atoms with E-state index in [0.717, 1.165) is 14.7 Å². The molecule has 0 unspecified atom stereocenters. The van der Waals surface area contributed by atoms with Gasteiger partial charge in [-0.2, -0.15) is 0 Å². The highest BCUT2D eigenvalue weighted by atomic mass is 79.9. The summed E-state index contributed by atoms with van der Waals surface area (Å²) in [5.41, 5.74) is 1.12. The molecular weight excluding hydrogens is 420 g/mol. The zero-order chi connectivity index (χ0) is 16.5. The first-order valence-corrected chi connectivity index (χ1v) is 11.8. The number of hydrogen-bond donors (Lipinski definition) is 0. The van der Waals surface area contributed by atoms with Crippen LogP contribution in [0.4, 0.5) is 0 Å². The molecule has 0 N–H and O–H groups in total. The van der Waals surface area contributed by atoms with Crippen molar-refractivity contribution in [2.45, 2.75) is 38.9 Å². The van der Waals surface area contributed by atoms with E-state index in [-0.39, 0.29) is 5.04 Å². The second-order valence-corrected chi connectivity index (χ2v) is 14.5. The third-order valence-corrected chi connectivity index (χ3v) is 9.16. The lowest BCUT2D eigenvalue weighted by Crippen LogP contribution is -2.44. The maximum absolute atomic E-state index is 6.56. The third-order valence-electron chi connectivity index (χ3n) is 4.36. The first-order chi connectivity index (χ1) is 10.1. The van der Waals surface area contributed by atoms with Crippen molar-refractivity contribution in [3.05, 3.63) is 45.4 Å². The Bertz CT molecular complexity index is 711. The van der Waals surface area contributed by atoms with Gasteiger partial charge in [0.05, 0.1) is 3.39 Å². The molecule has 2 aromatic rings. The number of benzene rings is 2. The van der Waals surface area contributed by atoms with Crippen molar-refractivity contribution >= 4 is 57.0 Å². The van der Waals surface area contributed by atoms with Crippen LogP contribution in [0.5, 0.6) is 5.75 Å². The first kappa shape index (κ1) is 17.8. The molecule has 0 heterocycles. The van der Waals surface area contributed by atoms with E-state index < -0.39 is 8.32 Å². The molecule has 0 spiro atoms. The van der Waals surface area contributed by atoms with Crippen LogP contribution < -0.4 is 4.43 Å². The SMILES string of the molecule is CC(C)(C)[Si](C)(C)Oc1ccc2ccccc2c1C=C(Br)Br. The highest BCUT2D eigenvalue weighted by molar-refractivity contribution is 9.28. The predicted molar refractivity (Wildman–Crippen MR) is 108 cm³/mol. The van der Waals surface area contributed by atoms with Gasteiger partial charge in [0.25, 0.3) is 8.32 Å². The Hall–Kier alpha value is -0.583. The fraction of sp³-hybridized carbons (Fsp3) is 0.333. The molecule has 2 aromatic carbocycles. The van der Waals surface area contributed by atoms with Crippen molar-refractivity contribution in [3.63, 3.8) is 0 Å². The summed E-state index contributed by atoms with van der Waals surface area (Å²) in [6.45, 7) is 11.3. The molecular formula is C18H22Br2OSi. The maximum atomic E-state index is 6.56. The predicted octanol–water partition coefficient (Wildman–Crippen LogP) is 7.31. The van der Waals surface area contributed by atoms with Gasteiger partial charge in [-0.1, -0.05) is 51.1 Å². The lowest BCUT2D eigenvalue weighted by Gasteiger charge is -2.37. The highest BCUT2D eigenvalue weighted by Gasteiger charge is 2.39. The van der Waals surface area contributed by atoms with Crippen LogP contribution in [0.15, 0.2) is 39.8 Å². The maximum Gasteiger partial charge on any atom is 0.250 e. The summed E-state index contributed by atoms with van der Waals surface area (Å²) in [7, 11) is -1.88. The van der Waals surface area contributed by atoms with Gasteiger partial charge in [0.2, 0.25) is 0 Å². The summed E-state index contributed by atoms with van der Waals surface area (Å²) in [6, 6.07) is 12.6. The van der Waals surface area contributed by atoms with Crippen molar-refractivity contribution in [1.29, 1.82) is 0 Å². The van der Waals surface area contributed by atoms with Gasteiger partial charge in [-0.25, -0.2) is 0 Å². The highest BCUT2D eigenvalue weighted by Crippen LogP contribution is 2.40. The summed E-state index contributed by atoms with van der Waals surface area (Å²) < 4.78 is 7.47. The van der Waals surface area contributed by atoms with Crippen molar-refractivity contribution < 1.29 is 4.43 Å². The van der Waals surface area contributed by atoms with E-state index in [9.17, 15) is 0 Å². The van der Waals surface area contributed by atoms with Gasteiger partial charge >= 0.3 is 0 Å². The van der Waals surface area contributed by atoms with E-state index in [0.29, 0.717) is 0 Å². The molecule has 0 fully saturated rings. The third kappa shape index (κ3) is 3.84. The van der Waals surface area contributed by atoms with Gasteiger partial charge in [0, 0.05) is 5.56 Å². The average molecular weight is 442 g/mol. The zero-order valence-corrected chi connectivity index (χ0v) is 17.9. The van der Waals surface area contributed by atoms with Crippen LogP contribution in [0.1, 0.15) is 26.3 Å². The van der Waals surface area contributed by atoms with E-state index in [1.54, 1.807) is 0 Å². The Balaban J connectivity index is 2.61. The van der Waals surface area contributed by atoms with Crippen LogP contribution in [-0.4, -0.2) is 8.32 Å². The summed E-state index contributed by atoms with van der Waals surface area (Å²) >= 11 is 6.97. The average Bonchev–Trinajstić information content (AvgIpc) is 2.39. The minimum Gasteiger partial charge on any atom is -0.543 e. The van der Waals surface area contributed by atoms with Crippen LogP contribution >= 0.6 is 31.9 Å². The Labute approximate surface area is 151 Å². The van der Waals surface area contributed by atoms with Crippen molar-refractivity contribution in [1.82, 2.24) is 0 Å². The largest absolute Gasteiger partial charge is 0.543 e. The molecule has 0 aliphatic rings. The number of rotatable bonds is 3. The molecule has 1 nitrogen and oxygen atoms in total. The molecule has 0 radical (unpaired) electrons. The normalized spacial score (nSPS) is 12.3. The molecule has 0 amide bonds. The standard InChI is InChI=1S/C18H22Br2OSi/c1-18(2,3)22(4,5)21-16-11-10-13-8-6-7-9-14(13)15(16)12-17(19)20/h6-12H,1-5H3. The van der Waals surface area contributed by atoms with Crippen LogP contribution in [0.3, 0.4) is 0 Å². The van der Waals surface area contributed by atoms with E-state index >= 15 is 0 Å². The molecule has 0 bridgehead atoms. The molecule has 0 atom stereocenters.